The van der Waals surface area contributed by atoms with Crippen molar-refractivity contribution in [2.24, 2.45) is 0 Å². The van der Waals surface area contributed by atoms with Crippen LogP contribution in [0.15, 0.2) is 24.4 Å². The monoisotopic (exact) mass is 296 g/mol. The van der Waals surface area contributed by atoms with Crippen molar-refractivity contribution in [2.75, 3.05) is 0 Å². The van der Waals surface area contributed by atoms with Gasteiger partial charge in [-0.2, -0.15) is 0 Å². The Labute approximate surface area is 120 Å². The van der Waals surface area contributed by atoms with Crippen LogP contribution in [0.2, 0.25) is 5.02 Å². The van der Waals surface area contributed by atoms with E-state index in [1.165, 1.54) is 23.8 Å². The first-order valence-corrected chi connectivity index (χ1v) is 7.51. The zero-order chi connectivity index (χ0) is 13.2. The smallest absolute Gasteiger partial charge is 0.128 e. The van der Waals surface area contributed by atoms with Gasteiger partial charge in [0, 0.05) is 40.7 Å². The first kappa shape index (κ1) is 13.0. The molecule has 1 heterocycles. The van der Waals surface area contributed by atoms with E-state index in [2.05, 4.69) is 10.3 Å². The molecule has 1 N–H and O–H groups in total. The highest BCUT2D eigenvalue weighted by molar-refractivity contribution is 7.11. The molecule has 0 unspecified atom stereocenters. The lowest BCUT2D eigenvalue weighted by atomic mass is 10.1. The van der Waals surface area contributed by atoms with Crippen LogP contribution in [0.1, 0.15) is 28.3 Å². The molecule has 5 heteroatoms. The molecule has 2 nitrogen and oxygen atoms in total. The van der Waals surface area contributed by atoms with Gasteiger partial charge in [-0.1, -0.05) is 17.7 Å². The number of rotatable bonds is 5. The quantitative estimate of drug-likeness (QED) is 0.908. The third-order valence-electron chi connectivity index (χ3n) is 3.13. The van der Waals surface area contributed by atoms with Crippen LogP contribution >= 0.6 is 22.9 Å². The Hall–Kier alpha value is -0.970. The topological polar surface area (TPSA) is 24.9 Å². The molecule has 3 rings (SSSR count). The van der Waals surface area contributed by atoms with Crippen molar-refractivity contribution in [1.29, 1.82) is 0 Å². The second-order valence-electron chi connectivity index (χ2n) is 4.75. The lowest BCUT2D eigenvalue weighted by Crippen LogP contribution is -2.14. The number of thiazole rings is 1. The molecular formula is C14H14ClFN2S. The van der Waals surface area contributed by atoms with Crippen molar-refractivity contribution in [3.8, 4) is 0 Å². The van der Waals surface area contributed by atoms with Crippen LogP contribution in [0, 0.1) is 5.82 Å². The summed E-state index contributed by atoms with van der Waals surface area (Å²) in [5.74, 6) is -0.264. The summed E-state index contributed by atoms with van der Waals surface area (Å²) in [6.07, 6.45) is 4.87. The van der Waals surface area contributed by atoms with Gasteiger partial charge in [0.15, 0.2) is 0 Å². The molecule has 1 aliphatic carbocycles. The molecule has 1 aliphatic rings. The van der Waals surface area contributed by atoms with Gasteiger partial charge >= 0.3 is 0 Å². The van der Waals surface area contributed by atoms with Crippen molar-refractivity contribution in [1.82, 2.24) is 10.3 Å². The van der Waals surface area contributed by atoms with Crippen LogP contribution in [0.5, 0.6) is 0 Å². The summed E-state index contributed by atoms with van der Waals surface area (Å²) in [6.45, 7) is 0.855. The van der Waals surface area contributed by atoms with E-state index in [1.54, 1.807) is 23.5 Å². The molecule has 1 aromatic heterocycles. The van der Waals surface area contributed by atoms with E-state index in [4.69, 9.17) is 11.6 Å². The van der Waals surface area contributed by atoms with Gasteiger partial charge in [0.05, 0.1) is 5.01 Å². The van der Waals surface area contributed by atoms with Gasteiger partial charge < -0.3 is 5.32 Å². The van der Waals surface area contributed by atoms with E-state index in [1.807, 2.05) is 6.20 Å². The number of nitrogens with one attached hydrogen (secondary N) is 1. The molecule has 0 amide bonds. The number of hydrogen-bond acceptors (Lipinski definition) is 3. The number of benzene rings is 1. The molecule has 2 aromatic rings. The fraction of sp³-hybridized carbons (Fsp3) is 0.357. The highest BCUT2D eigenvalue weighted by Crippen LogP contribution is 2.25. The number of halogens is 2. The normalized spacial score (nSPS) is 14.8. The van der Waals surface area contributed by atoms with Crippen molar-refractivity contribution in [3.63, 3.8) is 0 Å². The summed E-state index contributed by atoms with van der Waals surface area (Å²) in [5.41, 5.74) is 0.528. The first-order valence-electron chi connectivity index (χ1n) is 6.32. The Bertz CT molecular complexity index is 560. The largest absolute Gasteiger partial charge is 0.309 e. The number of aromatic nitrogens is 1. The van der Waals surface area contributed by atoms with E-state index in [0.29, 0.717) is 23.0 Å². The Morgan fingerprint density at radius 3 is 3.00 bits per heavy atom. The molecular weight excluding hydrogens is 283 g/mol. The average molecular weight is 297 g/mol. The minimum absolute atomic E-state index is 0.264. The van der Waals surface area contributed by atoms with E-state index in [9.17, 15) is 4.39 Å². The lowest BCUT2D eigenvalue weighted by molar-refractivity contribution is 0.614. The van der Waals surface area contributed by atoms with Crippen LogP contribution in [0.25, 0.3) is 0 Å². The summed E-state index contributed by atoms with van der Waals surface area (Å²) in [4.78, 5) is 5.53. The van der Waals surface area contributed by atoms with Crippen molar-refractivity contribution < 1.29 is 4.39 Å². The molecule has 100 valence electrons. The van der Waals surface area contributed by atoms with Crippen molar-refractivity contribution in [2.45, 2.75) is 31.8 Å². The van der Waals surface area contributed by atoms with E-state index in [0.717, 1.165) is 11.6 Å². The van der Waals surface area contributed by atoms with E-state index >= 15 is 0 Å². The molecule has 0 radical (unpaired) electrons. The minimum Gasteiger partial charge on any atom is -0.309 e. The van der Waals surface area contributed by atoms with Gasteiger partial charge in [-0.3, -0.25) is 0 Å². The third kappa shape index (κ3) is 3.32. The molecule has 0 spiro atoms. The Balaban J connectivity index is 1.68. The van der Waals surface area contributed by atoms with Gasteiger partial charge in [0.1, 0.15) is 5.82 Å². The molecule has 0 aliphatic heterocycles. The number of nitrogens with zero attached hydrogens (tertiary/aromatic N) is 1. The van der Waals surface area contributed by atoms with Crippen LogP contribution in [0.4, 0.5) is 4.39 Å². The van der Waals surface area contributed by atoms with Gasteiger partial charge in [-0.05, 0) is 25.0 Å². The highest BCUT2D eigenvalue weighted by Gasteiger charge is 2.20. The van der Waals surface area contributed by atoms with E-state index in [-0.39, 0.29) is 5.82 Å². The Kier molecular flexibility index (Phi) is 3.82. The maximum absolute atomic E-state index is 13.7. The average Bonchev–Trinajstić information content (AvgIpc) is 3.11. The van der Waals surface area contributed by atoms with Crippen LogP contribution in [0.3, 0.4) is 0 Å². The molecule has 0 atom stereocenters. The predicted molar refractivity (Wildman–Crippen MR) is 76.2 cm³/mol. The molecule has 0 saturated heterocycles. The van der Waals surface area contributed by atoms with Crippen molar-refractivity contribution >= 4 is 22.9 Å². The molecule has 0 bridgehead atoms. The standard InChI is InChI=1S/C14H14ClFN2S/c15-12-2-1-3-13(16)11(12)6-14-18-8-10(19-14)7-17-9-4-5-9/h1-3,8-9,17H,4-7H2. The minimum atomic E-state index is -0.264. The maximum Gasteiger partial charge on any atom is 0.128 e. The SMILES string of the molecule is Fc1cccc(Cl)c1Cc1ncc(CNC2CC2)s1. The van der Waals surface area contributed by atoms with Crippen LogP contribution in [-0.4, -0.2) is 11.0 Å². The van der Waals surface area contributed by atoms with Gasteiger partial charge in [0.25, 0.3) is 0 Å². The zero-order valence-electron chi connectivity index (χ0n) is 10.3. The Morgan fingerprint density at radius 1 is 1.42 bits per heavy atom. The Morgan fingerprint density at radius 2 is 2.26 bits per heavy atom. The molecule has 1 saturated carbocycles. The maximum atomic E-state index is 13.7. The molecule has 19 heavy (non-hydrogen) atoms. The fourth-order valence-corrected chi connectivity index (χ4v) is 3.01. The second-order valence-corrected chi connectivity index (χ2v) is 6.36. The lowest BCUT2D eigenvalue weighted by Gasteiger charge is -2.03. The van der Waals surface area contributed by atoms with Crippen LogP contribution in [-0.2, 0) is 13.0 Å². The molecule has 1 aromatic carbocycles. The summed E-state index contributed by atoms with van der Waals surface area (Å²) in [5, 5.41) is 4.81. The van der Waals surface area contributed by atoms with Crippen LogP contribution < -0.4 is 5.32 Å². The first-order chi connectivity index (χ1) is 9.22. The van der Waals surface area contributed by atoms with Gasteiger partial charge in [0.2, 0.25) is 0 Å². The third-order valence-corrected chi connectivity index (χ3v) is 4.48. The van der Waals surface area contributed by atoms with E-state index < -0.39 is 0 Å². The van der Waals surface area contributed by atoms with Gasteiger partial charge in [-0.25, -0.2) is 9.37 Å². The summed E-state index contributed by atoms with van der Waals surface area (Å²) in [6, 6.07) is 5.45. The fourth-order valence-electron chi connectivity index (χ4n) is 1.90. The summed E-state index contributed by atoms with van der Waals surface area (Å²) < 4.78 is 13.7. The summed E-state index contributed by atoms with van der Waals surface area (Å²) in [7, 11) is 0. The number of hydrogen-bond donors (Lipinski definition) is 1. The predicted octanol–water partition coefficient (Wildman–Crippen LogP) is 3.78. The van der Waals surface area contributed by atoms with Crippen molar-refractivity contribution in [3.05, 3.63) is 50.7 Å². The molecule has 1 fully saturated rings. The van der Waals surface area contributed by atoms with Gasteiger partial charge in [-0.15, -0.1) is 11.3 Å². The zero-order valence-corrected chi connectivity index (χ0v) is 11.9. The highest BCUT2D eigenvalue weighted by atomic mass is 35.5. The second kappa shape index (κ2) is 5.57. The summed E-state index contributed by atoms with van der Waals surface area (Å²) >= 11 is 7.64.